The minimum atomic E-state index is -1.70. The first-order valence-electron chi connectivity index (χ1n) is 16.2. The number of carbonyl (C=O) groups excluding carboxylic acids is 2. The lowest BCUT2D eigenvalue weighted by atomic mass is 9.95. The SMILES string of the molecule is CCCCCCCOc1ccc(-c2cnc(-c3ccc(C[C@H](NC(=O)c4ccc(C(C)(C)C)s4)C(=O)NCC(O)O)cc3)nc2)cc1. The Balaban J connectivity index is 1.38. The molecule has 250 valence electrons. The third-order valence-corrected chi connectivity index (χ3v) is 9.17. The predicted octanol–water partition coefficient (Wildman–Crippen LogP) is 6.29. The van der Waals surface area contributed by atoms with E-state index in [1.807, 2.05) is 54.6 Å². The third-order valence-electron chi connectivity index (χ3n) is 7.66. The number of amides is 2. The summed E-state index contributed by atoms with van der Waals surface area (Å²) in [6.07, 6.45) is 8.12. The summed E-state index contributed by atoms with van der Waals surface area (Å²) < 4.78 is 5.88. The molecule has 0 bridgehead atoms. The van der Waals surface area contributed by atoms with E-state index in [-0.39, 0.29) is 24.3 Å². The first kappa shape index (κ1) is 35.7. The number of hydrogen-bond donors (Lipinski definition) is 4. The highest BCUT2D eigenvalue weighted by molar-refractivity contribution is 7.14. The van der Waals surface area contributed by atoms with Crippen molar-refractivity contribution in [3.8, 4) is 28.3 Å². The average molecular weight is 659 g/mol. The van der Waals surface area contributed by atoms with E-state index in [1.54, 1.807) is 18.5 Å². The summed E-state index contributed by atoms with van der Waals surface area (Å²) in [7, 11) is 0. The number of aliphatic hydroxyl groups is 2. The van der Waals surface area contributed by atoms with Gasteiger partial charge in [0.05, 0.1) is 18.0 Å². The lowest BCUT2D eigenvalue weighted by molar-refractivity contribution is -0.125. The molecule has 4 N–H and O–H groups in total. The second-order valence-electron chi connectivity index (χ2n) is 12.6. The molecule has 47 heavy (non-hydrogen) atoms. The molecule has 2 amide bonds. The van der Waals surface area contributed by atoms with Crippen LogP contribution in [-0.4, -0.2) is 57.5 Å². The van der Waals surface area contributed by atoms with Gasteiger partial charge in [-0.15, -0.1) is 11.3 Å². The Kier molecular flexibility index (Phi) is 13.0. The first-order chi connectivity index (χ1) is 22.5. The molecule has 10 heteroatoms. The van der Waals surface area contributed by atoms with E-state index in [9.17, 15) is 19.8 Å². The summed E-state index contributed by atoms with van der Waals surface area (Å²) >= 11 is 1.39. The van der Waals surface area contributed by atoms with Crippen molar-refractivity contribution in [2.24, 2.45) is 0 Å². The van der Waals surface area contributed by atoms with Crippen molar-refractivity contribution in [1.82, 2.24) is 20.6 Å². The lowest BCUT2D eigenvalue weighted by Crippen LogP contribution is -2.49. The number of hydrogen-bond acceptors (Lipinski definition) is 8. The van der Waals surface area contributed by atoms with Gasteiger partial charge in [0.1, 0.15) is 11.8 Å². The summed E-state index contributed by atoms with van der Waals surface area (Å²) in [5.74, 6) is 0.549. The van der Waals surface area contributed by atoms with Gasteiger partial charge in [0.2, 0.25) is 5.91 Å². The minimum absolute atomic E-state index is 0.100. The number of thiophene rings is 1. The maximum Gasteiger partial charge on any atom is 0.262 e. The van der Waals surface area contributed by atoms with Gasteiger partial charge in [-0.2, -0.15) is 0 Å². The van der Waals surface area contributed by atoms with Crippen molar-refractivity contribution in [2.45, 2.75) is 84.0 Å². The zero-order chi connectivity index (χ0) is 33.8. The molecule has 0 aliphatic rings. The number of nitrogens with one attached hydrogen (secondary N) is 2. The van der Waals surface area contributed by atoms with Gasteiger partial charge in [-0.1, -0.05) is 89.8 Å². The van der Waals surface area contributed by atoms with Gasteiger partial charge >= 0.3 is 0 Å². The Morgan fingerprint density at radius 1 is 0.851 bits per heavy atom. The van der Waals surface area contributed by atoms with Crippen LogP contribution in [0.4, 0.5) is 0 Å². The number of carbonyl (C=O) groups is 2. The van der Waals surface area contributed by atoms with Gasteiger partial charge in [0, 0.05) is 34.8 Å². The Hall–Kier alpha value is -4.12. The highest BCUT2D eigenvalue weighted by Crippen LogP contribution is 2.29. The van der Waals surface area contributed by atoms with E-state index >= 15 is 0 Å². The highest BCUT2D eigenvalue weighted by atomic mass is 32.1. The summed E-state index contributed by atoms with van der Waals surface area (Å²) in [5, 5.41) is 23.8. The van der Waals surface area contributed by atoms with Crippen LogP contribution in [0.15, 0.2) is 73.1 Å². The van der Waals surface area contributed by atoms with E-state index in [1.165, 1.54) is 37.0 Å². The number of benzene rings is 2. The minimum Gasteiger partial charge on any atom is -0.494 e. The van der Waals surface area contributed by atoms with Gasteiger partial charge in [-0.25, -0.2) is 9.97 Å². The molecule has 0 fully saturated rings. The highest BCUT2D eigenvalue weighted by Gasteiger charge is 2.25. The molecule has 2 heterocycles. The molecule has 0 aliphatic carbocycles. The second-order valence-corrected chi connectivity index (χ2v) is 13.7. The number of ether oxygens (including phenoxy) is 1. The van der Waals surface area contributed by atoms with Gasteiger partial charge in [0.15, 0.2) is 12.1 Å². The van der Waals surface area contributed by atoms with Gasteiger partial charge in [0.25, 0.3) is 5.91 Å². The third kappa shape index (κ3) is 11.0. The fraction of sp³-hybridized carbons (Fsp3) is 0.405. The first-order valence-corrected chi connectivity index (χ1v) is 17.0. The van der Waals surface area contributed by atoms with Crippen LogP contribution >= 0.6 is 11.3 Å². The van der Waals surface area contributed by atoms with Gasteiger partial charge < -0.3 is 25.6 Å². The zero-order valence-corrected chi connectivity index (χ0v) is 28.5. The Morgan fingerprint density at radius 3 is 2.13 bits per heavy atom. The molecular weight excluding hydrogens is 612 g/mol. The second kappa shape index (κ2) is 17.2. The number of unbranched alkanes of at least 4 members (excludes halogenated alkanes) is 4. The molecule has 0 unspecified atom stereocenters. The van der Waals surface area contributed by atoms with Crippen molar-refractivity contribution in [2.75, 3.05) is 13.2 Å². The number of aliphatic hydroxyl groups excluding tert-OH is 1. The van der Waals surface area contributed by atoms with Crippen LogP contribution in [-0.2, 0) is 16.6 Å². The van der Waals surface area contributed by atoms with Crippen LogP contribution in [0.2, 0.25) is 0 Å². The molecule has 9 nitrogen and oxygen atoms in total. The zero-order valence-electron chi connectivity index (χ0n) is 27.7. The maximum absolute atomic E-state index is 13.1. The van der Waals surface area contributed by atoms with Crippen molar-refractivity contribution in [3.63, 3.8) is 0 Å². The molecule has 0 aliphatic heterocycles. The fourth-order valence-corrected chi connectivity index (χ4v) is 5.87. The van der Waals surface area contributed by atoms with Crippen LogP contribution < -0.4 is 15.4 Å². The maximum atomic E-state index is 13.1. The number of rotatable bonds is 16. The Labute approximate surface area is 281 Å². The van der Waals surface area contributed by atoms with Crippen molar-refractivity contribution >= 4 is 23.2 Å². The Morgan fingerprint density at radius 2 is 1.51 bits per heavy atom. The van der Waals surface area contributed by atoms with Crippen molar-refractivity contribution in [3.05, 3.63) is 88.4 Å². The van der Waals surface area contributed by atoms with Crippen molar-refractivity contribution < 1.29 is 24.5 Å². The summed E-state index contributed by atoms with van der Waals surface area (Å²) in [6.45, 7) is 8.82. The normalized spacial score (nSPS) is 12.1. The topological polar surface area (TPSA) is 134 Å². The summed E-state index contributed by atoms with van der Waals surface area (Å²) in [6, 6.07) is 18.2. The fourth-order valence-electron chi connectivity index (χ4n) is 4.91. The molecule has 0 radical (unpaired) electrons. The van der Waals surface area contributed by atoms with E-state index in [0.29, 0.717) is 10.7 Å². The molecule has 4 aromatic rings. The van der Waals surface area contributed by atoms with Crippen LogP contribution in [0, 0.1) is 0 Å². The monoisotopic (exact) mass is 658 g/mol. The van der Waals surface area contributed by atoms with Crippen LogP contribution in [0.1, 0.15) is 79.9 Å². The quantitative estimate of drug-likeness (QED) is 0.0822. The summed E-state index contributed by atoms with van der Waals surface area (Å²) in [4.78, 5) is 36.8. The predicted molar refractivity (Wildman–Crippen MR) is 186 cm³/mol. The molecule has 0 spiro atoms. The molecular formula is C37H46N4O5S. The molecule has 4 rings (SSSR count). The standard InChI is InChI=1S/C37H46N4O5S/c1-5-6-7-8-9-20-46-29-16-14-26(15-17-29)28-22-38-34(39-23-28)27-12-10-25(11-13-27)21-30(35(44)40-24-33(42)43)41-36(45)31-18-19-32(47-31)37(2,3)4/h10-19,22-23,30,33,42-43H,5-9,20-21,24H2,1-4H3,(H,40,44)(H,41,45)/t30-/m0/s1. The van der Waals surface area contributed by atoms with E-state index < -0.39 is 18.2 Å². The number of aromatic nitrogens is 2. The van der Waals surface area contributed by atoms with Crippen molar-refractivity contribution in [1.29, 1.82) is 0 Å². The van der Waals surface area contributed by atoms with E-state index in [0.717, 1.165) is 45.9 Å². The van der Waals surface area contributed by atoms with Crippen LogP contribution in [0.5, 0.6) is 5.75 Å². The van der Waals surface area contributed by atoms with E-state index in [4.69, 9.17) is 4.74 Å². The Bertz CT molecular complexity index is 1560. The largest absolute Gasteiger partial charge is 0.494 e. The molecule has 0 saturated heterocycles. The molecule has 2 aromatic heterocycles. The molecule has 1 atom stereocenters. The smallest absolute Gasteiger partial charge is 0.262 e. The summed E-state index contributed by atoms with van der Waals surface area (Å²) in [5.41, 5.74) is 3.41. The van der Waals surface area contributed by atoms with Crippen LogP contribution in [0.25, 0.3) is 22.5 Å². The van der Waals surface area contributed by atoms with E-state index in [2.05, 4.69) is 48.3 Å². The molecule has 2 aromatic carbocycles. The van der Waals surface area contributed by atoms with Crippen LogP contribution in [0.3, 0.4) is 0 Å². The molecule has 0 saturated carbocycles. The average Bonchev–Trinajstić information content (AvgIpc) is 3.58. The lowest BCUT2D eigenvalue weighted by Gasteiger charge is -2.19. The number of nitrogens with zero attached hydrogens (tertiary/aromatic N) is 2. The van der Waals surface area contributed by atoms with Gasteiger partial charge in [-0.3, -0.25) is 9.59 Å². The van der Waals surface area contributed by atoms with Gasteiger partial charge in [-0.05, 0) is 47.2 Å².